The van der Waals surface area contributed by atoms with Gasteiger partial charge in [-0.3, -0.25) is 4.79 Å². The van der Waals surface area contributed by atoms with E-state index >= 15 is 0 Å². The van der Waals surface area contributed by atoms with E-state index < -0.39 is 22.7 Å². The number of halogens is 3. The monoisotopic (exact) mass is 356 g/mol. The number of amides is 1. The van der Waals surface area contributed by atoms with Crippen LogP contribution in [0.3, 0.4) is 0 Å². The third-order valence-electron chi connectivity index (χ3n) is 3.64. The van der Waals surface area contributed by atoms with Gasteiger partial charge in [-0.05, 0) is 12.8 Å². The zero-order chi connectivity index (χ0) is 17.2. The first-order valence-electron chi connectivity index (χ1n) is 7.48. The molecule has 1 aromatic carbocycles. The maximum Gasteiger partial charge on any atom is 0.435 e. The number of alkyl halides is 3. The molecule has 2 aromatic rings. The van der Waals surface area contributed by atoms with Crippen LogP contribution in [0.5, 0.6) is 0 Å². The molecule has 1 fully saturated rings. The summed E-state index contributed by atoms with van der Waals surface area (Å²) < 4.78 is 45.0. The molecule has 2 heterocycles. The lowest BCUT2D eigenvalue weighted by Crippen LogP contribution is -2.32. The Labute approximate surface area is 140 Å². The maximum absolute atomic E-state index is 13.2. The van der Waals surface area contributed by atoms with Gasteiger partial charge in [-0.25, -0.2) is 4.98 Å². The average molecular weight is 356 g/mol. The molecule has 1 N–H and O–H groups in total. The molecule has 0 radical (unpaired) electrons. The lowest BCUT2D eigenvalue weighted by molar-refractivity contribution is -0.141. The lowest BCUT2D eigenvalue weighted by atomic mass is 10.2. The number of nitrogens with one attached hydrogen (secondary N) is 1. The summed E-state index contributed by atoms with van der Waals surface area (Å²) in [5.74, 6) is -0.766. The molecule has 1 atom stereocenters. The number of rotatable bonds is 4. The number of nitrogens with zero attached hydrogens (tertiary/aromatic N) is 1. The molecular weight excluding hydrogens is 341 g/mol. The van der Waals surface area contributed by atoms with Crippen LogP contribution in [0.1, 0.15) is 28.2 Å². The van der Waals surface area contributed by atoms with Crippen molar-refractivity contribution < 1.29 is 22.7 Å². The molecule has 8 heteroatoms. The van der Waals surface area contributed by atoms with Crippen LogP contribution in [0, 0.1) is 0 Å². The van der Waals surface area contributed by atoms with E-state index in [-0.39, 0.29) is 17.7 Å². The van der Waals surface area contributed by atoms with Crippen molar-refractivity contribution in [1.29, 1.82) is 0 Å². The Kier molecular flexibility index (Phi) is 4.86. The number of hydrogen-bond donors (Lipinski definition) is 1. The van der Waals surface area contributed by atoms with Crippen LogP contribution in [-0.2, 0) is 10.9 Å². The highest BCUT2D eigenvalue weighted by Crippen LogP contribution is 2.37. The molecule has 1 saturated heterocycles. The predicted octanol–water partition coefficient (Wildman–Crippen LogP) is 3.74. The third kappa shape index (κ3) is 3.76. The number of ether oxygens (including phenoxy) is 1. The number of carbonyl (C=O) groups is 1. The molecule has 1 aromatic heterocycles. The van der Waals surface area contributed by atoms with Gasteiger partial charge in [0.15, 0.2) is 5.69 Å². The first kappa shape index (κ1) is 16.9. The number of hydrogen-bond acceptors (Lipinski definition) is 4. The second-order valence-corrected chi connectivity index (χ2v) is 6.40. The van der Waals surface area contributed by atoms with Gasteiger partial charge in [0.05, 0.1) is 6.10 Å². The number of benzene rings is 1. The fourth-order valence-electron chi connectivity index (χ4n) is 2.46. The SMILES string of the molecule is O=C(NCC1CCCO1)c1sc(-c2ccccc2)nc1C(F)(F)F. The summed E-state index contributed by atoms with van der Waals surface area (Å²) in [6.45, 7) is 0.821. The highest BCUT2D eigenvalue weighted by Gasteiger charge is 2.39. The molecular formula is C16H15F3N2O2S. The third-order valence-corrected chi connectivity index (χ3v) is 4.74. The highest BCUT2D eigenvalue weighted by atomic mass is 32.1. The van der Waals surface area contributed by atoms with Crippen molar-refractivity contribution in [3.63, 3.8) is 0 Å². The van der Waals surface area contributed by atoms with Crippen molar-refractivity contribution in [1.82, 2.24) is 10.3 Å². The summed E-state index contributed by atoms with van der Waals surface area (Å²) in [6, 6.07) is 8.50. The fraction of sp³-hybridized carbons (Fsp3) is 0.375. The Morgan fingerprint density at radius 1 is 1.33 bits per heavy atom. The minimum absolute atomic E-state index is 0.134. The summed E-state index contributed by atoms with van der Waals surface area (Å²) in [4.78, 5) is 15.5. The number of aromatic nitrogens is 1. The van der Waals surface area contributed by atoms with Gasteiger partial charge in [0, 0.05) is 18.7 Å². The number of carbonyl (C=O) groups excluding carboxylic acids is 1. The zero-order valence-corrected chi connectivity index (χ0v) is 13.4. The Hall–Kier alpha value is -1.93. The van der Waals surface area contributed by atoms with E-state index in [0.717, 1.165) is 24.2 Å². The van der Waals surface area contributed by atoms with Crippen LogP contribution >= 0.6 is 11.3 Å². The van der Waals surface area contributed by atoms with Crippen molar-refractivity contribution >= 4 is 17.2 Å². The van der Waals surface area contributed by atoms with E-state index in [9.17, 15) is 18.0 Å². The van der Waals surface area contributed by atoms with Crippen LogP contribution in [-0.4, -0.2) is 30.1 Å². The van der Waals surface area contributed by atoms with Crippen LogP contribution in [0.15, 0.2) is 30.3 Å². The Balaban J connectivity index is 1.84. The average Bonchev–Trinajstić information content (AvgIpc) is 3.22. The predicted molar refractivity (Wildman–Crippen MR) is 83.9 cm³/mol. The van der Waals surface area contributed by atoms with Crippen molar-refractivity contribution in [2.24, 2.45) is 0 Å². The van der Waals surface area contributed by atoms with Crippen molar-refractivity contribution in [2.45, 2.75) is 25.1 Å². The summed E-state index contributed by atoms with van der Waals surface area (Å²) in [5.41, 5.74) is -0.595. The summed E-state index contributed by atoms with van der Waals surface area (Å²) in [6.07, 6.45) is -3.12. The maximum atomic E-state index is 13.2. The largest absolute Gasteiger partial charge is 0.435 e. The van der Waals surface area contributed by atoms with E-state index in [1.807, 2.05) is 0 Å². The molecule has 3 rings (SSSR count). The van der Waals surface area contributed by atoms with Crippen LogP contribution in [0.4, 0.5) is 13.2 Å². The van der Waals surface area contributed by atoms with Crippen molar-refractivity contribution in [2.75, 3.05) is 13.2 Å². The first-order chi connectivity index (χ1) is 11.4. The quantitative estimate of drug-likeness (QED) is 0.908. The summed E-state index contributed by atoms with van der Waals surface area (Å²) >= 11 is 0.746. The van der Waals surface area contributed by atoms with Gasteiger partial charge in [0.25, 0.3) is 5.91 Å². The van der Waals surface area contributed by atoms with Gasteiger partial charge in [0.1, 0.15) is 9.88 Å². The molecule has 1 unspecified atom stereocenters. The van der Waals surface area contributed by atoms with Crippen molar-refractivity contribution in [3.05, 3.63) is 40.9 Å². The van der Waals surface area contributed by atoms with E-state index in [4.69, 9.17) is 4.74 Å². The van der Waals surface area contributed by atoms with Gasteiger partial charge < -0.3 is 10.1 Å². The fourth-order valence-corrected chi connectivity index (χ4v) is 3.47. The van der Waals surface area contributed by atoms with E-state index in [2.05, 4.69) is 10.3 Å². The van der Waals surface area contributed by atoms with Gasteiger partial charge in [-0.1, -0.05) is 30.3 Å². The normalized spacial score (nSPS) is 17.9. The standard InChI is InChI=1S/C16H15F3N2O2S/c17-16(18,19)13-12(14(22)20-9-11-7-4-8-23-11)24-15(21-13)10-5-2-1-3-6-10/h1-3,5-6,11H,4,7-9H2,(H,20,22). The molecule has 1 aliphatic rings. The molecule has 0 spiro atoms. The molecule has 1 aliphatic heterocycles. The van der Waals surface area contributed by atoms with Gasteiger partial charge >= 0.3 is 6.18 Å². The lowest BCUT2D eigenvalue weighted by Gasteiger charge is -2.11. The highest BCUT2D eigenvalue weighted by molar-refractivity contribution is 7.17. The zero-order valence-electron chi connectivity index (χ0n) is 12.6. The molecule has 24 heavy (non-hydrogen) atoms. The molecule has 0 bridgehead atoms. The first-order valence-corrected chi connectivity index (χ1v) is 8.30. The summed E-state index contributed by atoms with van der Waals surface area (Å²) in [5, 5.41) is 2.70. The van der Waals surface area contributed by atoms with Crippen molar-refractivity contribution in [3.8, 4) is 10.6 Å². The topological polar surface area (TPSA) is 51.2 Å². The van der Waals surface area contributed by atoms with E-state index in [0.29, 0.717) is 12.2 Å². The van der Waals surface area contributed by atoms with Gasteiger partial charge in [-0.15, -0.1) is 11.3 Å². The van der Waals surface area contributed by atoms with E-state index in [1.54, 1.807) is 30.3 Å². The molecule has 0 saturated carbocycles. The van der Waals surface area contributed by atoms with Gasteiger partial charge in [-0.2, -0.15) is 13.2 Å². The Morgan fingerprint density at radius 3 is 2.71 bits per heavy atom. The molecule has 0 aliphatic carbocycles. The van der Waals surface area contributed by atoms with Crippen LogP contribution in [0.25, 0.3) is 10.6 Å². The van der Waals surface area contributed by atoms with E-state index in [1.165, 1.54) is 0 Å². The van der Waals surface area contributed by atoms with Gasteiger partial charge in [0.2, 0.25) is 0 Å². The Morgan fingerprint density at radius 2 is 2.08 bits per heavy atom. The summed E-state index contributed by atoms with van der Waals surface area (Å²) in [7, 11) is 0. The smallest absolute Gasteiger partial charge is 0.376 e. The van der Waals surface area contributed by atoms with Crippen LogP contribution in [0.2, 0.25) is 0 Å². The molecule has 1 amide bonds. The second kappa shape index (κ2) is 6.90. The molecule has 4 nitrogen and oxygen atoms in total. The number of thiazole rings is 1. The Bertz CT molecular complexity index is 710. The minimum Gasteiger partial charge on any atom is -0.376 e. The second-order valence-electron chi connectivity index (χ2n) is 5.41. The van der Waals surface area contributed by atoms with Crippen LogP contribution < -0.4 is 5.32 Å². The minimum atomic E-state index is -4.68. The molecule has 128 valence electrons.